The van der Waals surface area contributed by atoms with Gasteiger partial charge < -0.3 is 10.6 Å². The van der Waals surface area contributed by atoms with Gasteiger partial charge in [0.15, 0.2) is 0 Å². The number of nitrogens with one attached hydrogen (secondary N) is 2. The minimum Gasteiger partial charge on any atom is -0.373 e. The Morgan fingerprint density at radius 2 is 2.08 bits per heavy atom. The van der Waals surface area contributed by atoms with Crippen LogP contribution in [0.4, 0.5) is 11.6 Å². The molecular formula is C8H14N4. The van der Waals surface area contributed by atoms with Gasteiger partial charge in [0.1, 0.15) is 18.0 Å². The van der Waals surface area contributed by atoms with Gasteiger partial charge >= 0.3 is 0 Å². The first kappa shape index (κ1) is 8.77. The van der Waals surface area contributed by atoms with Crippen LogP contribution in [0.15, 0.2) is 12.4 Å². The molecule has 66 valence electrons. The van der Waals surface area contributed by atoms with Gasteiger partial charge in [-0.05, 0) is 6.42 Å². The molecule has 0 spiro atoms. The van der Waals surface area contributed by atoms with E-state index in [0.29, 0.717) is 0 Å². The quantitative estimate of drug-likeness (QED) is 0.708. The van der Waals surface area contributed by atoms with Crippen LogP contribution < -0.4 is 10.6 Å². The average Bonchev–Trinajstić information content (AvgIpc) is 2.15. The van der Waals surface area contributed by atoms with E-state index in [2.05, 4.69) is 27.5 Å². The number of aromatic nitrogens is 2. The van der Waals surface area contributed by atoms with Gasteiger partial charge in [0.05, 0.1) is 0 Å². The van der Waals surface area contributed by atoms with Crippen molar-refractivity contribution >= 4 is 11.6 Å². The molecule has 0 aliphatic rings. The van der Waals surface area contributed by atoms with Gasteiger partial charge in [0.2, 0.25) is 0 Å². The molecule has 4 heteroatoms. The van der Waals surface area contributed by atoms with E-state index < -0.39 is 0 Å². The summed E-state index contributed by atoms with van der Waals surface area (Å²) in [6, 6.07) is 1.88. The SMILES string of the molecule is CCCNc1cc(NC)ncn1. The molecule has 0 radical (unpaired) electrons. The third-order valence-corrected chi connectivity index (χ3v) is 1.48. The molecule has 1 rings (SSSR count). The normalized spacial score (nSPS) is 9.50. The highest BCUT2D eigenvalue weighted by Gasteiger charge is 1.93. The first-order valence-corrected chi connectivity index (χ1v) is 4.10. The maximum Gasteiger partial charge on any atom is 0.131 e. The number of anilines is 2. The van der Waals surface area contributed by atoms with Crippen LogP contribution in [0.25, 0.3) is 0 Å². The molecule has 0 bridgehead atoms. The van der Waals surface area contributed by atoms with Crippen molar-refractivity contribution in [2.24, 2.45) is 0 Å². The van der Waals surface area contributed by atoms with Crippen molar-refractivity contribution < 1.29 is 0 Å². The second-order valence-electron chi connectivity index (χ2n) is 2.47. The predicted octanol–water partition coefficient (Wildman–Crippen LogP) is 1.34. The molecule has 1 aromatic heterocycles. The van der Waals surface area contributed by atoms with Crippen molar-refractivity contribution in [1.29, 1.82) is 0 Å². The van der Waals surface area contributed by atoms with Crippen LogP contribution in [-0.2, 0) is 0 Å². The maximum atomic E-state index is 4.06. The molecule has 1 aromatic rings. The summed E-state index contributed by atoms with van der Waals surface area (Å²) < 4.78 is 0. The van der Waals surface area contributed by atoms with Crippen LogP contribution >= 0.6 is 0 Å². The van der Waals surface area contributed by atoms with Crippen molar-refractivity contribution in [1.82, 2.24) is 9.97 Å². The molecule has 1 heterocycles. The monoisotopic (exact) mass is 166 g/mol. The van der Waals surface area contributed by atoms with E-state index in [4.69, 9.17) is 0 Å². The van der Waals surface area contributed by atoms with Gasteiger partial charge in [-0.15, -0.1) is 0 Å². The zero-order valence-electron chi connectivity index (χ0n) is 7.46. The lowest BCUT2D eigenvalue weighted by Gasteiger charge is -2.04. The molecule has 12 heavy (non-hydrogen) atoms. The number of rotatable bonds is 4. The Morgan fingerprint density at radius 3 is 2.75 bits per heavy atom. The molecular weight excluding hydrogens is 152 g/mol. The number of hydrogen-bond donors (Lipinski definition) is 2. The zero-order chi connectivity index (χ0) is 8.81. The summed E-state index contributed by atoms with van der Waals surface area (Å²) in [4.78, 5) is 8.07. The van der Waals surface area contributed by atoms with E-state index in [-0.39, 0.29) is 0 Å². The highest BCUT2D eigenvalue weighted by molar-refractivity contribution is 5.45. The Labute approximate surface area is 72.4 Å². The summed E-state index contributed by atoms with van der Waals surface area (Å²) in [6.07, 6.45) is 2.64. The summed E-state index contributed by atoms with van der Waals surface area (Å²) in [7, 11) is 1.84. The fourth-order valence-electron chi connectivity index (χ4n) is 0.844. The molecule has 0 saturated heterocycles. The topological polar surface area (TPSA) is 49.8 Å². The third kappa shape index (κ3) is 2.38. The largest absolute Gasteiger partial charge is 0.373 e. The van der Waals surface area contributed by atoms with Gasteiger partial charge in [-0.1, -0.05) is 6.92 Å². The summed E-state index contributed by atoms with van der Waals surface area (Å²) in [6.45, 7) is 3.06. The first-order chi connectivity index (χ1) is 5.86. The smallest absolute Gasteiger partial charge is 0.131 e. The zero-order valence-corrected chi connectivity index (χ0v) is 7.46. The highest BCUT2D eigenvalue weighted by atomic mass is 15.0. The molecule has 0 unspecified atom stereocenters. The summed E-state index contributed by atoms with van der Waals surface area (Å²) >= 11 is 0. The lowest BCUT2D eigenvalue weighted by Crippen LogP contribution is -2.03. The van der Waals surface area contributed by atoms with Gasteiger partial charge in [-0.3, -0.25) is 0 Å². The lowest BCUT2D eigenvalue weighted by molar-refractivity contribution is 0.965. The van der Waals surface area contributed by atoms with Crippen LogP contribution in [-0.4, -0.2) is 23.6 Å². The molecule has 0 aliphatic carbocycles. The lowest BCUT2D eigenvalue weighted by atomic mass is 10.4. The van der Waals surface area contributed by atoms with Crippen molar-refractivity contribution in [2.75, 3.05) is 24.2 Å². The van der Waals surface area contributed by atoms with E-state index in [9.17, 15) is 0 Å². The minimum absolute atomic E-state index is 0.837. The second kappa shape index (κ2) is 4.54. The number of nitrogens with zero attached hydrogens (tertiary/aromatic N) is 2. The highest BCUT2D eigenvalue weighted by Crippen LogP contribution is 2.06. The Bertz CT molecular complexity index is 236. The molecule has 0 fully saturated rings. The van der Waals surface area contributed by atoms with Crippen LogP contribution in [0, 0.1) is 0 Å². The average molecular weight is 166 g/mol. The molecule has 0 amide bonds. The Balaban J connectivity index is 2.60. The van der Waals surface area contributed by atoms with E-state index in [1.54, 1.807) is 6.33 Å². The van der Waals surface area contributed by atoms with Crippen LogP contribution in [0.1, 0.15) is 13.3 Å². The van der Waals surface area contributed by atoms with E-state index in [0.717, 1.165) is 24.6 Å². The third-order valence-electron chi connectivity index (χ3n) is 1.48. The van der Waals surface area contributed by atoms with Gasteiger partial charge in [0.25, 0.3) is 0 Å². The second-order valence-corrected chi connectivity index (χ2v) is 2.47. The van der Waals surface area contributed by atoms with Crippen molar-refractivity contribution in [3.05, 3.63) is 12.4 Å². The fraction of sp³-hybridized carbons (Fsp3) is 0.500. The van der Waals surface area contributed by atoms with Gasteiger partial charge in [-0.2, -0.15) is 0 Å². The van der Waals surface area contributed by atoms with Crippen molar-refractivity contribution in [3.8, 4) is 0 Å². The molecule has 0 saturated carbocycles. The summed E-state index contributed by atoms with van der Waals surface area (Å²) in [5.74, 6) is 1.71. The first-order valence-electron chi connectivity index (χ1n) is 4.10. The molecule has 0 aromatic carbocycles. The molecule has 4 nitrogen and oxygen atoms in total. The van der Waals surface area contributed by atoms with E-state index in [1.807, 2.05) is 13.1 Å². The summed E-state index contributed by atoms with van der Waals surface area (Å²) in [5, 5.41) is 6.13. The Hall–Kier alpha value is -1.32. The Kier molecular flexibility index (Phi) is 3.32. The van der Waals surface area contributed by atoms with Crippen LogP contribution in [0.3, 0.4) is 0 Å². The molecule has 0 aliphatic heterocycles. The van der Waals surface area contributed by atoms with E-state index >= 15 is 0 Å². The van der Waals surface area contributed by atoms with E-state index in [1.165, 1.54) is 0 Å². The predicted molar refractivity (Wildman–Crippen MR) is 50.4 cm³/mol. The number of hydrogen-bond acceptors (Lipinski definition) is 4. The van der Waals surface area contributed by atoms with Gasteiger partial charge in [0, 0.05) is 19.7 Å². The van der Waals surface area contributed by atoms with Crippen LogP contribution in [0.5, 0.6) is 0 Å². The fourth-order valence-corrected chi connectivity index (χ4v) is 0.844. The van der Waals surface area contributed by atoms with Gasteiger partial charge in [-0.25, -0.2) is 9.97 Å². The van der Waals surface area contributed by atoms with Crippen molar-refractivity contribution in [2.45, 2.75) is 13.3 Å². The minimum atomic E-state index is 0.837. The summed E-state index contributed by atoms with van der Waals surface area (Å²) in [5.41, 5.74) is 0. The van der Waals surface area contributed by atoms with Crippen LogP contribution in [0.2, 0.25) is 0 Å². The molecule has 0 atom stereocenters. The molecule has 2 N–H and O–H groups in total. The standard InChI is InChI=1S/C8H14N4/c1-3-4-10-8-5-7(9-2)11-6-12-8/h5-6H,3-4H2,1-2H3,(H2,9,10,11,12). The maximum absolute atomic E-state index is 4.06. The Morgan fingerprint density at radius 1 is 1.33 bits per heavy atom. The van der Waals surface area contributed by atoms with Crippen molar-refractivity contribution in [3.63, 3.8) is 0 Å².